The van der Waals surface area contributed by atoms with E-state index in [1.54, 1.807) is 0 Å². The van der Waals surface area contributed by atoms with Gasteiger partial charge in [0.1, 0.15) is 0 Å². The van der Waals surface area contributed by atoms with Gasteiger partial charge in [-0.05, 0) is 37.4 Å². The normalized spacial score (nSPS) is 27.9. The average molecular weight is 247 g/mol. The van der Waals surface area contributed by atoms with Crippen LogP contribution in [0.1, 0.15) is 31.9 Å². The Labute approximate surface area is 110 Å². The van der Waals surface area contributed by atoms with Gasteiger partial charge in [-0.25, -0.2) is 0 Å². The number of hydrogen-bond donors (Lipinski definition) is 1. The van der Waals surface area contributed by atoms with Crippen molar-refractivity contribution in [2.75, 3.05) is 20.1 Å². The van der Waals surface area contributed by atoms with E-state index in [1.165, 1.54) is 25.0 Å². The summed E-state index contributed by atoms with van der Waals surface area (Å²) in [5.41, 5.74) is 7.71. The van der Waals surface area contributed by atoms with E-state index in [9.17, 15) is 0 Å². The number of rotatable bonds is 5. The molecule has 0 aromatic carbocycles. The lowest BCUT2D eigenvalue weighted by atomic mass is 9.84. The Kier molecular flexibility index (Phi) is 4.36. The fraction of sp³-hybridized carbons (Fsp3) is 0.667. The highest BCUT2D eigenvalue weighted by molar-refractivity contribution is 5.04. The Hall–Kier alpha value is -0.930. The third-order valence-corrected chi connectivity index (χ3v) is 4.27. The molecule has 1 aliphatic carbocycles. The largest absolute Gasteiger partial charge is 0.327 e. The second-order valence-electron chi connectivity index (χ2n) is 5.96. The summed E-state index contributed by atoms with van der Waals surface area (Å²) in [6.45, 7) is 4.49. The number of pyridine rings is 1. The second-order valence-corrected chi connectivity index (χ2v) is 5.96. The van der Waals surface area contributed by atoms with Gasteiger partial charge in [0.05, 0.1) is 0 Å². The van der Waals surface area contributed by atoms with E-state index in [4.69, 9.17) is 5.73 Å². The molecule has 0 bridgehead atoms. The van der Waals surface area contributed by atoms with Crippen molar-refractivity contribution in [3.63, 3.8) is 0 Å². The third-order valence-electron chi connectivity index (χ3n) is 4.27. The van der Waals surface area contributed by atoms with Gasteiger partial charge < -0.3 is 10.6 Å². The average Bonchev–Trinajstić information content (AvgIpc) is 2.68. The number of nitrogens with two attached hydrogens (primary N) is 1. The van der Waals surface area contributed by atoms with E-state index in [0.29, 0.717) is 11.5 Å². The summed E-state index contributed by atoms with van der Waals surface area (Å²) in [6.07, 6.45) is 6.62. The van der Waals surface area contributed by atoms with Crippen molar-refractivity contribution in [3.05, 3.63) is 30.1 Å². The summed E-state index contributed by atoms with van der Waals surface area (Å²) in [5.74, 6) is 0. The Bertz CT molecular complexity index is 365. The van der Waals surface area contributed by atoms with Crippen LogP contribution in [0.5, 0.6) is 0 Å². The molecule has 1 heterocycles. The fourth-order valence-corrected chi connectivity index (χ4v) is 3.00. The van der Waals surface area contributed by atoms with Crippen LogP contribution in [0.2, 0.25) is 0 Å². The first-order chi connectivity index (χ1) is 8.60. The fourth-order valence-electron chi connectivity index (χ4n) is 3.00. The van der Waals surface area contributed by atoms with Gasteiger partial charge >= 0.3 is 0 Å². The molecule has 0 spiro atoms. The minimum atomic E-state index is 0.304. The van der Waals surface area contributed by atoms with Crippen LogP contribution in [0.25, 0.3) is 0 Å². The topological polar surface area (TPSA) is 42.2 Å². The molecule has 0 saturated heterocycles. The van der Waals surface area contributed by atoms with Crippen LogP contribution in [0.3, 0.4) is 0 Å². The molecule has 0 radical (unpaired) electrons. The Morgan fingerprint density at radius 2 is 2.33 bits per heavy atom. The van der Waals surface area contributed by atoms with E-state index in [0.717, 1.165) is 19.5 Å². The molecule has 1 aromatic heterocycles. The van der Waals surface area contributed by atoms with Gasteiger partial charge in [-0.3, -0.25) is 4.98 Å². The first-order valence-corrected chi connectivity index (χ1v) is 6.94. The molecule has 3 heteroatoms. The lowest BCUT2D eigenvalue weighted by molar-refractivity contribution is 0.179. The maximum Gasteiger partial charge on any atom is 0.0416 e. The molecule has 3 nitrogen and oxygen atoms in total. The summed E-state index contributed by atoms with van der Waals surface area (Å²) < 4.78 is 0. The van der Waals surface area contributed by atoms with Crippen LogP contribution in [0.15, 0.2) is 24.4 Å². The molecule has 0 amide bonds. The predicted octanol–water partition coefficient (Wildman–Crippen LogP) is 2.07. The molecule has 2 atom stereocenters. The molecule has 1 aliphatic rings. The zero-order valence-electron chi connectivity index (χ0n) is 11.6. The van der Waals surface area contributed by atoms with E-state index in [2.05, 4.69) is 36.0 Å². The van der Waals surface area contributed by atoms with Gasteiger partial charge in [0.2, 0.25) is 0 Å². The Morgan fingerprint density at radius 3 is 2.94 bits per heavy atom. The summed E-state index contributed by atoms with van der Waals surface area (Å²) in [6, 6.07) is 6.48. The van der Waals surface area contributed by atoms with Crippen molar-refractivity contribution in [3.8, 4) is 0 Å². The lowest BCUT2D eigenvalue weighted by Crippen LogP contribution is -2.43. The summed E-state index contributed by atoms with van der Waals surface area (Å²) in [4.78, 5) is 6.77. The molecule has 100 valence electrons. The number of aromatic nitrogens is 1. The highest BCUT2D eigenvalue weighted by atomic mass is 15.1. The number of likely N-dealkylation sites (N-methyl/N-ethyl adjacent to an activating group) is 1. The summed E-state index contributed by atoms with van der Waals surface area (Å²) in [5, 5.41) is 0. The molecular formula is C15H25N3. The van der Waals surface area contributed by atoms with Gasteiger partial charge in [-0.1, -0.05) is 19.4 Å². The van der Waals surface area contributed by atoms with Gasteiger partial charge in [-0.15, -0.1) is 0 Å². The highest BCUT2D eigenvalue weighted by Gasteiger charge is 2.36. The van der Waals surface area contributed by atoms with Crippen molar-refractivity contribution < 1.29 is 0 Å². The highest BCUT2D eigenvalue weighted by Crippen LogP contribution is 2.37. The van der Waals surface area contributed by atoms with Crippen LogP contribution in [0.4, 0.5) is 0 Å². The molecule has 1 saturated carbocycles. The lowest BCUT2D eigenvalue weighted by Gasteiger charge is -2.33. The molecule has 18 heavy (non-hydrogen) atoms. The van der Waals surface area contributed by atoms with E-state index < -0.39 is 0 Å². The standard InChI is InChI=1S/C15H25N3/c1-15(9-5-7-14(15)16)12-18(2)11-8-13-6-3-4-10-17-13/h3-4,6,10,14H,5,7-9,11-12,16H2,1-2H3. The SMILES string of the molecule is CN(CCc1ccccn1)CC1(C)CCCC1N. The zero-order chi connectivity index (χ0) is 13.0. The first-order valence-electron chi connectivity index (χ1n) is 6.94. The minimum Gasteiger partial charge on any atom is -0.327 e. The van der Waals surface area contributed by atoms with Gasteiger partial charge in [0, 0.05) is 37.4 Å². The number of nitrogens with zero attached hydrogens (tertiary/aromatic N) is 2. The van der Waals surface area contributed by atoms with Crippen molar-refractivity contribution in [2.24, 2.45) is 11.1 Å². The molecule has 2 unspecified atom stereocenters. The summed E-state index contributed by atoms with van der Waals surface area (Å²) >= 11 is 0. The molecule has 2 N–H and O–H groups in total. The van der Waals surface area contributed by atoms with Crippen molar-refractivity contribution in [1.82, 2.24) is 9.88 Å². The third kappa shape index (κ3) is 3.30. The smallest absolute Gasteiger partial charge is 0.0416 e. The number of hydrogen-bond acceptors (Lipinski definition) is 3. The first kappa shape index (κ1) is 13.5. The van der Waals surface area contributed by atoms with Crippen LogP contribution in [-0.4, -0.2) is 36.1 Å². The van der Waals surface area contributed by atoms with Crippen molar-refractivity contribution in [1.29, 1.82) is 0 Å². The maximum absolute atomic E-state index is 6.23. The second kappa shape index (κ2) is 5.81. The maximum atomic E-state index is 6.23. The quantitative estimate of drug-likeness (QED) is 0.866. The Balaban J connectivity index is 1.80. The molecular weight excluding hydrogens is 222 g/mol. The molecule has 0 aliphatic heterocycles. The van der Waals surface area contributed by atoms with Crippen molar-refractivity contribution >= 4 is 0 Å². The molecule has 1 fully saturated rings. The summed E-state index contributed by atoms with van der Waals surface area (Å²) in [7, 11) is 2.19. The van der Waals surface area contributed by atoms with Crippen LogP contribution in [0, 0.1) is 5.41 Å². The Morgan fingerprint density at radius 1 is 1.50 bits per heavy atom. The van der Waals surface area contributed by atoms with Gasteiger partial charge in [0.15, 0.2) is 0 Å². The monoisotopic (exact) mass is 247 g/mol. The molecule has 2 rings (SSSR count). The van der Waals surface area contributed by atoms with Gasteiger partial charge in [0.25, 0.3) is 0 Å². The van der Waals surface area contributed by atoms with Crippen LogP contribution in [-0.2, 0) is 6.42 Å². The minimum absolute atomic E-state index is 0.304. The van der Waals surface area contributed by atoms with Crippen LogP contribution < -0.4 is 5.73 Å². The van der Waals surface area contributed by atoms with Crippen molar-refractivity contribution in [2.45, 2.75) is 38.6 Å². The van der Waals surface area contributed by atoms with Gasteiger partial charge in [-0.2, -0.15) is 0 Å². The van der Waals surface area contributed by atoms with E-state index in [1.807, 2.05) is 12.3 Å². The predicted molar refractivity (Wildman–Crippen MR) is 75.4 cm³/mol. The van der Waals surface area contributed by atoms with E-state index in [-0.39, 0.29) is 0 Å². The van der Waals surface area contributed by atoms with E-state index >= 15 is 0 Å². The van der Waals surface area contributed by atoms with Crippen LogP contribution >= 0.6 is 0 Å². The zero-order valence-corrected chi connectivity index (χ0v) is 11.6. The molecule has 1 aromatic rings.